The van der Waals surface area contributed by atoms with Gasteiger partial charge in [0.15, 0.2) is 0 Å². The van der Waals surface area contributed by atoms with E-state index in [9.17, 15) is 30.8 Å². The first-order chi connectivity index (χ1) is 19.8. The number of amides is 1. The topological polar surface area (TPSA) is 104 Å². The molecule has 1 saturated carbocycles. The van der Waals surface area contributed by atoms with Crippen LogP contribution in [-0.2, 0) is 21.0 Å². The van der Waals surface area contributed by atoms with E-state index in [0.717, 1.165) is 18.5 Å². The third-order valence-corrected chi connectivity index (χ3v) is 8.94. The van der Waals surface area contributed by atoms with Gasteiger partial charge in [-0.1, -0.05) is 6.07 Å². The first-order valence-corrected chi connectivity index (χ1v) is 14.5. The number of aromatic nitrogens is 2. The molecule has 2 N–H and O–H groups in total. The highest BCUT2D eigenvalue weighted by Crippen LogP contribution is 2.41. The standard InChI is InChI=1S/C27H25F6N5O3S/c28-18-5-3-15(10-17(18)27(31,32)33)16-4-6-21(23(11-16)38-9-1-2-26(38)39)36-22-12-20(30)24(13-19(22)29)42(40,41)37-25-7-8-34-14-35-25/h3,5,7-8,10,12-14,16,21,23,36H,1-2,4,6,9,11H2,(H,34,35,37)/t16-,21-,23-/m0/s1. The summed E-state index contributed by atoms with van der Waals surface area (Å²) in [6.07, 6.45) is -0.930. The summed E-state index contributed by atoms with van der Waals surface area (Å²) in [6, 6.07) is 4.08. The van der Waals surface area contributed by atoms with Gasteiger partial charge in [0.05, 0.1) is 17.3 Å². The average molecular weight is 614 g/mol. The summed E-state index contributed by atoms with van der Waals surface area (Å²) in [5.74, 6) is -4.47. The summed E-state index contributed by atoms with van der Waals surface area (Å²) in [7, 11) is -4.55. The first kappa shape index (κ1) is 29.6. The largest absolute Gasteiger partial charge is 0.419 e. The van der Waals surface area contributed by atoms with E-state index < -0.39 is 62.1 Å². The Morgan fingerprint density at radius 1 is 0.976 bits per heavy atom. The van der Waals surface area contributed by atoms with Gasteiger partial charge in [-0.3, -0.25) is 9.52 Å². The molecular formula is C27H25F6N5O3S. The second kappa shape index (κ2) is 11.4. The molecule has 1 aliphatic carbocycles. The zero-order valence-electron chi connectivity index (χ0n) is 21.8. The molecule has 1 saturated heterocycles. The van der Waals surface area contributed by atoms with Crippen LogP contribution in [0, 0.1) is 17.5 Å². The van der Waals surface area contributed by atoms with E-state index in [1.165, 1.54) is 18.3 Å². The molecule has 2 fully saturated rings. The molecule has 0 unspecified atom stereocenters. The van der Waals surface area contributed by atoms with Crippen LogP contribution in [0.25, 0.3) is 0 Å². The van der Waals surface area contributed by atoms with Crippen molar-refractivity contribution in [2.24, 2.45) is 0 Å². The number of alkyl halides is 3. The Bertz CT molecular complexity index is 1590. The molecule has 1 aliphatic heterocycles. The molecule has 224 valence electrons. The van der Waals surface area contributed by atoms with Gasteiger partial charge in [-0.25, -0.2) is 31.6 Å². The predicted octanol–water partition coefficient (Wildman–Crippen LogP) is 5.45. The number of halogens is 6. The zero-order valence-corrected chi connectivity index (χ0v) is 22.7. The second-order valence-electron chi connectivity index (χ2n) is 10.2. The fourth-order valence-electron chi connectivity index (χ4n) is 5.58. The highest BCUT2D eigenvalue weighted by atomic mass is 32.2. The molecule has 1 aromatic heterocycles. The van der Waals surface area contributed by atoms with Crippen LogP contribution in [-0.4, -0.2) is 47.8 Å². The molecule has 0 spiro atoms. The van der Waals surface area contributed by atoms with Crippen LogP contribution in [0.5, 0.6) is 0 Å². The lowest BCUT2D eigenvalue weighted by Gasteiger charge is -2.42. The van der Waals surface area contributed by atoms with Crippen molar-refractivity contribution < 1.29 is 39.6 Å². The van der Waals surface area contributed by atoms with Gasteiger partial charge < -0.3 is 10.2 Å². The highest BCUT2D eigenvalue weighted by molar-refractivity contribution is 7.92. The van der Waals surface area contributed by atoms with Crippen molar-refractivity contribution in [3.63, 3.8) is 0 Å². The number of anilines is 2. The lowest BCUT2D eigenvalue weighted by molar-refractivity contribution is -0.140. The van der Waals surface area contributed by atoms with Crippen LogP contribution in [0.2, 0.25) is 0 Å². The second-order valence-corrected chi connectivity index (χ2v) is 11.9. The van der Waals surface area contributed by atoms with Crippen LogP contribution >= 0.6 is 0 Å². The molecule has 2 aliphatic rings. The van der Waals surface area contributed by atoms with Crippen LogP contribution in [0.3, 0.4) is 0 Å². The van der Waals surface area contributed by atoms with Gasteiger partial charge in [0.1, 0.15) is 34.5 Å². The lowest BCUT2D eigenvalue weighted by Crippen LogP contribution is -2.50. The summed E-state index contributed by atoms with van der Waals surface area (Å²) in [5, 5.41) is 2.90. The van der Waals surface area contributed by atoms with Crippen molar-refractivity contribution in [1.29, 1.82) is 0 Å². The molecular weight excluding hydrogens is 588 g/mol. The van der Waals surface area contributed by atoms with E-state index in [-0.39, 0.29) is 42.2 Å². The predicted molar refractivity (Wildman–Crippen MR) is 139 cm³/mol. The Hall–Kier alpha value is -3.88. The van der Waals surface area contributed by atoms with Gasteiger partial charge in [-0.05, 0) is 61.4 Å². The Balaban J connectivity index is 1.40. The SMILES string of the molecule is O=C1CCCN1[C@H]1C[C@@H](c2ccc(F)c(C(F)(F)F)c2)CC[C@@H]1Nc1cc(F)c(S(=O)(=O)Nc2ccncn2)cc1F. The van der Waals surface area contributed by atoms with Crippen LogP contribution in [0.15, 0.2) is 53.8 Å². The first-order valence-electron chi connectivity index (χ1n) is 13.0. The quantitative estimate of drug-likeness (QED) is 0.344. The fraction of sp³-hybridized carbons (Fsp3) is 0.370. The minimum absolute atomic E-state index is 0.148. The van der Waals surface area contributed by atoms with E-state index in [4.69, 9.17) is 0 Å². The number of rotatable bonds is 7. The number of benzene rings is 2. The van der Waals surface area contributed by atoms with Crippen LogP contribution in [0.4, 0.5) is 37.8 Å². The fourth-order valence-corrected chi connectivity index (χ4v) is 6.66. The van der Waals surface area contributed by atoms with Crippen molar-refractivity contribution in [1.82, 2.24) is 14.9 Å². The minimum Gasteiger partial charge on any atom is -0.378 e. The van der Waals surface area contributed by atoms with Crippen molar-refractivity contribution in [2.45, 2.75) is 61.2 Å². The smallest absolute Gasteiger partial charge is 0.378 e. The molecule has 2 aromatic carbocycles. The van der Waals surface area contributed by atoms with Crippen molar-refractivity contribution in [3.05, 3.63) is 77.5 Å². The van der Waals surface area contributed by atoms with Gasteiger partial charge in [-0.2, -0.15) is 13.2 Å². The Morgan fingerprint density at radius 2 is 1.76 bits per heavy atom. The molecule has 5 rings (SSSR count). The molecule has 3 aromatic rings. The van der Waals surface area contributed by atoms with Gasteiger partial charge >= 0.3 is 6.18 Å². The van der Waals surface area contributed by atoms with E-state index >= 15 is 8.78 Å². The van der Waals surface area contributed by atoms with Crippen molar-refractivity contribution >= 4 is 27.4 Å². The Labute approximate surface area is 237 Å². The van der Waals surface area contributed by atoms with E-state index in [2.05, 4.69) is 15.3 Å². The number of carbonyl (C=O) groups is 1. The normalized spacial score (nSPS) is 21.4. The van der Waals surface area contributed by atoms with Crippen LogP contribution < -0.4 is 10.0 Å². The third-order valence-electron chi connectivity index (χ3n) is 7.57. The molecule has 1 amide bonds. The number of hydrogen-bond acceptors (Lipinski definition) is 6. The Morgan fingerprint density at radius 3 is 2.43 bits per heavy atom. The molecule has 0 radical (unpaired) electrons. The molecule has 15 heteroatoms. The van der Waals surface area contributed by atoms with Gasteiger partial charge in [0, 0.05) is 31.3 Å². The summed E-state index contributed by atoms with van der Waals surface area (Å²) < 4.78 is 112. The average Bonchev–Trinajstić information content (AvgIpc) is 3.36. The zero-order chi connectivity index (χ0) is 30.2. The monoisotopic (exact) mass is 613 g/mol. The molecule has 0 bridgehead atoms. The number of likely N-dealkylation sites (tertiary alicyclic amines) is 1. The maximum atomic E-state index is 15.2. The highest BCUT2D eigenvalue weighted by Gasteiger charge is 2.40. The van der Waals surface area contributed by atoms with E-state index in [0.29, 0.717) is 31.5 Å². The summed E-state index contributed by atoms with van der Waals surface area (Å²) in [5.41, 5.74) is -1.45. The van der Waals surface area contributed by atoms with Crippen molar-refractivity contribution in [2.75, 3.05) is 16.6 Å². The number of nitrogens with one attached hydrogen (secondary N) is 2. The molecule has 3 atom stereocenters. The van der Waals surface area contributed by atoms with E-state index in [1.807, 2.05) is 4.72 Å². The number of nitrogens with zero attached hydrogens (tertiary/aromatic N) is 3. The van der Waals surface area contributed by atoms with Crippen molar-refractivity contribution in [3.8, 4) is 0 Å². The number of sulfonamides is 1. The van der Waals surface area contributed by atoms with Gasteiger partial charge in [0.25, 0.3) is 10.0 Å². The van der Waals surface area contributed by atoms with Gasteiger partial charge in [0.2, 0.25) is 5.91 Å². The maximum absolute atomic E-state index is 15.2. The van der Waals surface area contributed by atoms with Gasteiger partial charge in [-0.15, -0.1) is 0 Å². The number of hydrogen-bond donors (Lipinski definition) is 2. The third kappa shape index (κ3) is 6.15. The Kier molecular flexibility index (Phi) is 8.05. The summed E-state index contributed by atoms with van der Waals surface area (Å²) in [6.45, 7) is 0.383. The minimum atomic E-state index is -4.88. The van der Waals surface area contributed by atoms with E-state index in [1.54, 1.807) is 4.90 Å². The summed E-state index contributed by atoms with van der Waals surface area (Å²) in [4.78, 5) is 20.6. The lowest BCUT2D eigenvalue weighted by atomic mass is 9.77. The molecule has 2 heterocycles. The molecule has 8 nitrogen and oxygen atoms in total. The molecule has 42 heavy (non-hydrogen) atoms. The van der Waals surface area contributed by atoms with Crippen LogP contribution in [0.1, 0.15) is 49.1 Å². The maximum Gasteiger partial charge on any atom is 0.419 e. The summed E-state index contributed by atoms with van der Waals surface area (Å²) >= 11 is 0. The number of carbonyl (C=O) groups excluding carboxylic acids is 1.